The van der Waals surface area contributed by atoms with Gasteiger partial charge in [0.05, 0.1) is 5.56 Å². The third-order valence-corrected chi connectivity index (χ3v) is 3.38. The van der Waals surface area contributed by atoms with Gasteiger partial charge in [0.25, 0.3) is 5.91 Å². The Bertz CT molecular complexity index is 709. The first-order chi connectivity index (χ1) is 11.1. The Labute approximate surface area is 143 Å². The van der Waals surface area contributed by atoms with E-state index < -0.39 is 0 Å². The van der Waals surface area contributed by atoms with Gasteiger partial charge in [0, 0.05) is 23.6 Å². The SMILES string of the molecule is CC(C)(C)NC(=O)c1cnc(Nc2ccccc2C(C)(C)C)nc1. The predicted octanol–water partition coefficient (Wildman–Crippen LogP) is 4.05. The monoisotopic (exact) mass is 326 g/mol. The normalized spacial score (nSPS) is 11.9. The van der Waals surface area contributed by atoms with Crippen molar-refractivity contribution in [2.24, 2.45) is 0 Å². The molecule has 0 aliphatic carbocycles. The summed E-state index contributed by atoms with van der Waals surface area (Å²) in [6.07, 6.45) is 3.08. The topological polar surface area (TPSA) is 66.9 Å². The Morgan fingerprint density at radius 3 is 2.08 bits per heavy atom. The Kier molecular flexibility index (Phi) is 4.92. The summed E-state index contributed by atoms with van der Waals surface area (Å²) in [6.45, 7) is 12.3. The molecule has 1 amide bonds. The molecule has 1 aromatic carbocycles. The van der Waals surface area contributed by atoms with E-state index in [1.165, 1.54) is 18.0 Å². The standard InChI is InChI=1S/C19H26N4O/c1-18(2,3)14-9-7-8-10-15(14)22-17-20-11-13(12-21-17)16(24)23-19(4,5)6/h7-12H,1-6H3,(H,23,24)(H,20,21,22). The minimum atomic E-state index is -0.292. The average Bonchev–Trinajstić information content (AvgIpc) is 2.45. The maximum atomic E-state index is 12.1. The molecule has 1 aromatic heterocycles. The molecule has 1 heterocycles. The van der Waals surface area contributed by atoms with Crippen LogP contribution in [0.4, 0.5) is 11.6 Å². The van der Waals surface area contributed by atoms with Crippen molar-refractivity contribution in [3.05, 3.63) is 47.8 Å². The van der Waals surface area contributed by atoms with Crippen LogP contribution in [0.1, 0.15) is 57.5 Å². The highest BCUT2D eigenvalue weighted by molar-refractivity contribution is 5.94. The van der Waals surface area contributed by atoms with Crippen LogP contribution in [0.5, 0.6) is 0 Å². The second-order valence-electron chi connectivity index (χ2n) is 7.92. The molecule has 0 aliphatic heterocycles. The number of hydrogen-bond acceptors (Lipinski definition) is 4. The molecule has 0 radical (unpaired) electrons. The molecule has 0 saturated heterocycles. The van der Waals surface area contributed by atoms with E-state index in [9.17, 15) is 4.79 Å². The second kappa shape index (κ2) is 6.59. The van der Waals surface area contributed by atoms with Crippen molar-refractivity contribution in [3.63, 3.8) is 0 Å². The third kappa shape index (κ3) is 4.78. The van der Waals surface area contributed by atoms with Crippen molar-refractivity contribution in [3.8, 4) is 0 Å². The smallest absolute Gasteiger partial charge is 0.254 e. The van der Waals surface area contributed by atoms with Crippen LogP contribution in [-0.2, 0) is 5.41 Å². The first-order valence-corrected chi connectivity index (χ1v) is 8.07. The summed E-state index contributed by atoms with van der Waals surface area (Å²) in [6, 6.07) is 8.09. The Balaban J connectivity index is 2.17. The highest BCUT2D eigenvalue weighted by Gasteiger charge is 2.18. The summed E-state index contributed by atoms with van der Waals surface area (Å²) in [5.74, 6) is 0.295. The molecular formula is C19H26N4O. The molecule has 2 aromatic rings. The fourth-order valence-corrected chi connectivity index (χ4v) is 2.29. The number of nitrogens with one attached hydrogen (secondary N) is 2. The number of aromatic nitrogens is 2. The number of benzene rings is 1. The molecule has 5 nitrogen and oxygen atoms in total. The van der Waals surface area contributed by atoms with Crippen LogP contribution in [0.2, 0.25) is 0 Å². The molecule has 2 rings (SSSR count). The molecule has 24 heavy (non-hydrogen) atoms. The molecule has 5 heteroatoms. The summed E-state index contributed by atoms with van der Waals surface area (Å²) in [5.41, 5.74) is 2.31. The van der Waals surface area contributed by atoms with Crippen molar-refractivity contribution < 1.29 is 4.79 Å². The van der Waals surface area contributed by atoms with Gasteiger partial charge in [-0.25, -0.2) is 9.97 Å². The number of carbonyl (C=O) groups excluding carboxylic acids is 1. The van der Waals surface area contributed by atoms with Crippen LogP contribution in [0.25, 0.3) is 0 Å². The minimum Gasteiger partial charge on any atom is -0.347 e. The number of carbonyl (C=O) groups is 1. The summed E-state index contributed by atoms with van der Waals surface area (Å²) in [5, 5.41) is 6.13. The Hall–Kier alpha value is -2.43. The summed E-state index contributed by atoms with van der Waals surface area (Å²) in [7, 11) is 0. The number of para-hydroxylation sites is 1. The Morgan fingerprint density at radius 2 is 1.54 bits per heavy atom. The van der Waals surface area contributed by atoms with E-state index in [0.29, 0.717) is 11.5 Å². The maximum absolute atomic E-state index is 12.1. The largest absolute Gasteiger partial charge is 0.347 e. The Morgan fingerprint density at radius 1 is 0.958 bits per heavy atom. The van der Waals surface area contributed by atoms with Crippen molar-refractivity contribution in [2.75, 3.05) is 5.32 Å². The van der Waals surface area contributed by atoms with Crippen LogP contribution >= 0.6 is 0 Å². The number of nitrogens with zero attached hydrogens (tertiary/aromatic N) is 2. The first-order valence-electron chi connectivity index (χ1n) is 8.07. The highest BCUT2D eigenvalue weighted by Crippen LogP contribution is 2.30. The lowest BCUT2D eigenvalue weighted by atomic mass is 9.86. The molecule has 0 fully saturated rings. The van der Waals surface area contributed by atoms with Crippen molar-refractivity contribution in [2.45, 2.75) is 52.5 Å². The molecule has 2 N–H and O–H groups in total. The summed E-state index contributed by atoms with van der Waals surface area (Å²) < 4.78 is 0. The molecule has 0 saturated carbocycles. The molecule has 0 unspecified atom stereocenters. The van der Waals surface area contributed by atoms with Crippen LogP contribution < -0.4 is 10.6 Å². The van der Waals surface area contributed by atoms with Crippen LogP contribution in [0.3, 0.4) is 0 Å². The number of hydrogen-bond donors (Lipinski definition) is 2. The number of amides is 1. The van der Waals surface area contributed by atoms with Gasteiger partial charge in [0.1, 0.15) is 0 Å². The lowest BCUT2D eigenvalue weighted by Crippen LogP contribution is -2.40. The van der Waals surface area contributed by atoms with E-state index in [4.69, 9.17) is 0 Å². The zero-order valence-corrected chi connectivity index (χ0v) is 15.3. The van der Waals surface area contributed by atoms with Gasteiger partial charge < -0.3 is 10.6 Å². The lowest BCUT2D eigenvalue weighted by Gasteiger charge is -2.23. The maximum Gasteiger partial charge on any atom is 0.254 e. The van der Waals surface area contributed by atoms with E-state index in [1.807, 2.05) is 39.0 Å². The van der Waals surface area contributed by atoms with Crippen molar-refractivity contribution in [1.82, 2.24) is 15.3 Å². The first kappa shape index (κ1) is 17.9. The predicted molar refractivity (Wildman–Crippen MR) is 97.7 cm³/mol. The van der Waals surface area contributed by atoms with Crippen LogP contribution in [0, 0.1) is 0 Å². The fourth-order valence-electron chi connectivity index (χ4n) is 2.29. The molecule has 128 valence electrons. The van der Waals surface area contributed by atoms with Crippen LogP contribution in [-0.4, -0.2) is 21.4 Å². The van der Waals surface area contributed by atoms with E-state index in [0.717, 1.165) is 5.69 Å². The molecule has 0 spiro atoms. The van der Waals surface area contributed by atoms with Gasteiger partial charge in [-0.1, -0.05) is 39.0 Å². The number of anilines is 2. The second-order valence-corrected chi connectivity index (χ2v) is 7.92. The highest BCUT2D eigenvalue weighted by atomic mass is 16.1. The van der Waals surface area contributed by atoms with Gasteiger partial charge in [0.2, 0.25) is 5.95 Å². The summed E-state index contributed by atoms with van der Waals surface area (Å²) >= 11 is 0. The van der Waals surface area contributed by atoms with E-state index >= 15 is 0 Å². The average molecular weight is 326 g/mol. The summed E-state index contributed by atoms with van der Waals surface area (Å²) in [4.78, 5) is 20.6. The van der Waals surface area contributed by atoms with Gasteiger partial charge in [0.15, 0.2) is 0 Å². The van der Waals surface area contributed by atoms with Gasteiger partial charge in [-0.05, 0) is 37.8 Å². The fraction of sp³-hybridized carbons (Fsp3) is 0.421. The quantitative estimate of drug-likeness (QED) is 0.893. The van der Waals surface area contributed by atoms with Gasteiger partial charge in [-0.15, -0.1) is 0 Å². The molecule has 0 bridgehead atoms. The molecular weight excluding hydrogens is 300 g/mol. The zero-order valence-electron chi connectivity index (χ0n) is 15.3. The van der Waals surface area contributed by atoms with Crippen molar-refractivity contribution in [1.29, 1.82) is 0 Å². The van der Waals surface area contributed by atoms with E-state index in [2.05, 4.69) is 47.4 Å². The van der Waals surface area contributed by atoms with E-state index in [1.54, 1.807) is 0 Å². The lowest BCUT2D eigenvalue weighted by molar-refractivity contribution is 0.0919. The van der Waals surface area contributed by atoms with E-state index in [-0.39, 0.29) is 16.9 Å². The van der Waals surface area contributed by atoms with Gasteiger partial charge in [-0.2, -0.15) is 0 Å². The molecule has 0 atom stereocenters. The van der Waals surface area contributed by atoms with Crippen molar-refractivity contribution >= 4 is 17.5 Å². The van der Waals surface area contributed by atoms with Gasteiger partial charge >= 0.3 is 0 Å². The van der Waals surface area contributed by atoms with Gasteiger partial charge in [-0.3, -0.25) is 4.79 Å². The zero-order chi connectivity index (χ0) is 18.0. The van der Waals surface area contributed by atoms with Crippen LogP contribution in [0.15, 0.2) is 36.7 Å². The number of rotatable bonds is 3. The minimum absolute atomic E-state index is 0.0100. The molecule has 0 aliphatic rings. The third-order valence-electron chi connectivity index (χ3n) is 3.38.